The van der Waals surface area contributed by atoms with Gasteiger partial charge in [0.1, 0.15) is 11.0 Å². The Morgan fingerprint density at radius 2 is 2.16 bits per heavy atom. The first-order valence-electron chi connectivity index (χ1n) is 8.34. The van der Waals surface area contributed by atoms with Gasteiger partial charge in [-0.05, 0) is 31.9 Å². The molecule has 0 bridgehead atoms. The monoisotopic (exact) mass is 358 g/mol. The van der Waals surface area contributed by atoms with Crippen molar-refractivity contribution in [3.05, 3.63) is 46.6 Å². The molecule has 1 aliphatic heterocycles. The van der Waals surface area contributed by atoms with Crippen molar-refractivity contribution < 1.29 is 4.79 Å². The molecular formula is C17H19ClN6O. The summed E-state index contributed by atoms with van der Waals surface area (Å²) < 4.78 is 3.54. The smallest absolute Gasteiger partial charge is 0.258 e. The topological polar surface area (TPSA) is 68.3 Å². The predicted octanol–water partition coefficient (Wildman–Crippen LogP) is 2.44. The predicted molar refractivity (Wildman–Crippen MR) is 93.8 cm³/mol. The Bertz CT molecular complexity index is 946. The van der Waals surface area contributed by atoms with Gasteiger partial charge in [0.05, 0.1) is 11.3 Å². The number of nitrogens with zero attached hydrogens (tertiary/aromatic N) is 6. The van der Waals surface area contributed by atoms with E-state index >= 15 is 0 Å². The van der Waals surface area contributed by atoms with Crippen LogP contribution in [0.5, 0.6) is 0 Å². The minimum atomic E-state index is -0.0610. The van der Waals surface area contributed by atoms with Crippen LogP contribution in [0.2, 0.25) is 5.15 Å². The lowest BCUT2D eigenvalue weighted by Crippen LogP contribution is -2.39. The van der Waals surface area contributed by atoms with Crippen LogP contribution in [0.4, 0.5) is 0 Å². The number of carbonyl (C=O) groups excluding carboxylic acids is 1. The second-order valence-electron chi connectivity index (χ2n) is 6.45. The first-order chi connectivity index (χ1) is 12.1. The summed E-state index contributed by atoms with van der Waals surface area (Å²) in [6.07, 6.45) is 3.88. The number of piperidine rings is 1. The van der Waals surface area contributed by atoms with Crippen molar-refractivity contribution in [2.45, 2.75) is 25.7 Å². The number of carbonyl (C=O) groups is 1. The molecule has 4 rings (SSSR count). The number of fused-ring (bicyclic) bond motifs is 1. The normalized spacial score (nSPS) is 18.0. The highest BCUT2D eigenvalue weighted by atomic mass is 35.5. The maximum Gasteiger partial charge on any atom is 0.258 e. The largest absolute Gasteiger partial charge is 0.338 e. The van der Waals surface area contributed by atoms with Crippen LogP contribution in [0, 0.1) is 6.92 Å². The van der Waals surface area contributed by atoms with Gasteiger partial charge in [0.15, 0.2) is 5.65 Å². The average molecular weight is 359 g/mol. The lowest BCUT2D eigenvalue weighted by molar-refractivity contribution is 0.0703. The lowest BCUT2D eigenvalue weighted by atomic mass is 9.96. The molecule has 0 saturated carbocycles. The summed E-state index contributed by atoms with van der Waals surface area (Å²) in [5.74, 6) is 1.00. The molecule has 7 nitrogen and oxygen atoms in total. The van der Waals surface area contributed by atoms with Crippen molar-refractivity contribution in [1.82, 2.24) is 29.3 Å². The zero-order valence-electron chi connectivity index (χ0n) is 14.2. The lowest BCUT2D eigenvalue weighted by Gasteiger charge is -2.32. The van der Waals surface area contributed by atoms with Gasteiger partial charge in [-0.25, -0.2) is 0 Å². The summed E-state index contributed by atoms with van der Waals surface area (Å²) in [5.41, 5.74) is 1.98. The van der Waals surface area contributed by atoms with Crippen LogP contribution < -0.4 is 0 Å². The van der Waals surface area contributed by atoms with Gasteiger partial charge in [-0.3, -0.25) is 13.9 Å². The molecule has 0 spiro atoms. The molecule has 4 heterocycles. The van der Waals surface area contributed by atoms with Gasteiger partial charge < -0.3 is 4.90 Å². The number of aromatic nitrogens is 5. The van der Waals surface area contributed by atoms with Gasteiger partial charge in [-0.15, -0.1) is 10.2 Å². The molecule has 1 saturated heterocycles. The molecular weight excluding hydrogens is 340 g/mol. The number of halogens is 1. The highest BCUT2D eigenvalue weighted by Gasteiger charge is 2.31. The Balaban J connectivity index is 1.62. The quantitative estimate of drug-likeness (QED) is 0.705. The molecule has 1 amide bonds. The highest BCUT2D eigenvalue weighted by molar-refractivity contribution is 6.33. The first kappa shape index (κ1) is 16.1. The third-order valence-corrected chi connectivity index (χ3v) is 5.21. The summed E-state index contributed by atoms with van der Waals surface area (Å²) in [6, 6.07) is 5.84. The van der Waals surface area contributed by atoms with Gasteiger partial charge in [-0.2, -0.15) is 5.10 Å². The van der Waals surface area contributed by atoms with Crippen molar-refractivity contribution in [2.75, 3.05) is 13.1 Å². The number of rotatable bonds is 2. The number of hydrogen-bond donors (Lipinski definition) is 0. The Morgan fingerprint density at radius 3 is 2.92 bits per heavy atom. The molecule has 3 aromatic rings. The second-order valence-corrected chi connectivity index (χ2v) is 6.81. The van der Waals surface area contributed by atoms with E-state index in [1.807, 2.05) is 40.6 Å². The molecule has 1 fully saturated rings. The van der Waals surface area contributed by atoms with E-state index in [2.05, 4.69) is 15.3 Å². The number of likely N-dealkylation sites (tertiary alicyclic amines) is 1. The van der Waals surface area contributed by atoms with Crippen LogP contribution in [-0.4, -0.2) is 48.3 Å². The first-order valence-corrected chi connectivity index (χ1v) is 8.72. The summed E-state index contributed by atoms with van der Waals surface area (Å²) in [5, 5.41) is 13.2. The summed E-state index contributed by atoms with van der Waals surface area (Å²) in [4.78, 5) is 14.8. The van der Waals surface area contributed by atoms with Crippen molar-refractivity contribution >= 4 is 23.2 Å². The van der Waals surface area contributed by atoms with Gasteiger partial charge in [0.2, 0.25) is 0 Å². The number of pyridine rings is 1. The van der Waals surface area contributed by atoms with Gasteiger partial charge >= 0.3 is 0 Å². The average Bonchev–Trinajstić information content (AvgIpc) is 3.16. The third-order valence-electron chi connectivity index (χ3n) is 4.78. The molecule has 3 aromatic heterocycles. The molecule has 1 atom stereocenters. The van der Waals surface area contributed by atoms with E-state index < -0.39 is 0 Å². The molecule has 8 heteroatoms. The van der Waals surface area contributed by atoms with Crippen LogP contribution in [0.25, 0.3) is 5.65 Å². The van der Waals surface area contributed by atoms with Crippen LogP contribution in [0.15, 0.2) is 24.4 Å². The summed E-state index contributed by atoms with van der Waals surface area (Å²) in [7, 11) is 1.74. The van der Waals surface area contributed by atoms with Crippen molar-refractivity contribution in [1.29, 1.82) is 0 Å². The number of aryl methyl sites for hydroxylation is 2. The van der Waals surface area contributed by atoms with Crippen LogP contribution in [0.1, 0.15) is 40.6 Å². The molecule has 0 aromatic carbocycles. The van der Waals surface area contributed by atoms with Gasteiger partial charge in [-0.1, -0.05) is 17.7 Å². The Labute approximate surface area is 150 Å². The van der Waals surface area contributed by atoms with E-state index in [-0.39, 0.29) is 11.8 Å². The van der Waals surface area contributed by atoms with Gasteiger partial charge in [0.25, 0.3) is 5.91 Å². The Kier molecular flexibility index (Phi) is 3.95. The SMILES string of the molecule is Cc1nn(C)c(Cl)c1C(=O)N1CCC[C@H](c2nnc3ccccn23)C1. The van der Waals surface area contributed by atoms with Crippen LogP contribution >= 0.6 is 11.6 Å². The fourth-order valence-electron chi connectivity index (χ4n) is 3.54. The summed E-state index contributed by atoms with van der Waals surface area (Å²) in [6.45, 7) is 3.14. The summed E-state index contributed by atoms with van der Waals surface area (Å²) >= 11 is 6.27. The fourth-order valence-corrected chi connectivity index (χ4v) is 3.80. The van der Waals surface area contributed by atoms with Crippen molar-refractivity contribution in [2.24, 2.45) is 7.05 Å². The van der Waals surface area contributed by atoms with E-state index in [9.17, 15) is 4.79 Å². The zero-order chi connectivity index (χ0) is 17.6. The molecule has 0 radical (unpaired) electrons. The van der Waals surface area contributed by atoms with E-state index in [1.165, 1.54) is 4.68 Å². The number of hydrogen-bond acceptors (Lipinski definition) is 4. The molecule has 130 valence electrons. The highest BCUT2D eigenvalue weighted by Crippen LogP contribution is 2.29. The molecule has 25 heavy (non-hydrogen) atoms. The maximum atomic E-state index is 13.0. The molecule has 0 aliphatic carbocycles. The third kappa shape index (κ3) is 2.68. The maximum absolute atomic E-state index is 13.0. The minimum Gasteiger partial charge on any atom is -0.338 e. The van der Waals surface area contributed by atoms with E-state index in [4.69, 9.17) is 11.6 Å². The van der Waals surface area contributed by atoms with Crippen LogP contribution in [-0.2, 0) is 7.05 Å². The molecule has 1 aliphatic rings. The van der Waals surface area contributed by atoms with E-state index in [0.717, 1.165) is 30.9 Å². The standard InChI is InChI=1S/C17H19ClN6O/c1-11-14(15(18)22(2)21-11)17(25)23-8-5-6-12(10-23)16-20-19-13-7-3-4-9-24(13)16/h3-4,7,9,12H,5-6,8,10H2,1-2H3/t12-/m0/s1. The minimum absolute atomic E-state index is 0.0610. The second kappa shape index (κ2) is 6.15. The van der Waals surface area contributed by atoms with Crippen LogP contribution in [0.3, 0.4) is 0 Å². The molecule has 0 N–H and O–H groups in total. The number of amides is 1. The fraction of sp³-hybridized carbons (Fsp3) is 0.412. The van der Waals surface area contributed by atoms with Crippen molar-refractivity contribution in [3.63, 3.8) is 0 Å². The Morgan fingerprint density at radius 1 is 1.32 bits per heavy atom. The Hall–Kier alpha value is -2.41. The van der Waals surface area contributed by atoms with E-state index in [0.29, 0.717) is 23.0 Å². The zero-order valence-corrected chi connectivity index (χ0v) is 14.9. The van der Waals surface area contributed by atoms with Crippen molar-refractivity contribution in [3.8, 4) is 0 Å². The van der Waals surface area contributed by atoms with Gasteiger partial charge in [0, 0.05) is 32.3 Å². The van der Waals surface area contributed by atoms with E-state index in [1.54, 1.807) is 7.05 Å². The molecule has 0 unspecified atom stereocenters.